The van der Waals surface area contributed by atoms with Crippen LogP contribution in [0.1, 0.15) is 22.8 Å². The summed E-state index contributed by atoms with van der Waals surface area (Å²) in [4.78, 5) is 32.5. The lowest BCUT2D eigenvalue weighted by Gasteiger charge is -2.34. The Morgan fingerprint density at radius 1 is 0.306 bits per heavy atom. The minimum Gasteiger partial charge on any atom is -0.309 e. The number of aromatic nitrogens is 7. The van der Waals surface area contributed by atoms with E-state index in [4.69, 9.17) is 29.9 Å². The molecule has 1 aliphatic rings. The summed E-state index contributed by atoms with van der Waals surface area (Å²) < 4.78 is 2.36. The van der Waals surface area contributed by atoms with Gasteiger partial charge in [-0.2, -0.15) is 0 Å². The van der Waals surface area contributed by atoms with Gasteiger partial charge in [0.15, 0.2) is 34.9 Å². The molecule has 0 radical (unpaired) electrons. The summed E-state index contributed by atoms with van der Waals surface area (Å²) in [6, 6.07) is 73.1. The Morgan fingerprint density at radius 2 is 0.726 bits per heavy atom. The average molecular weight is 794 g/mol. The van der Waals surface area contributed by atoms with Crippen molar-refractivity contribution in [3.63, 3.8) is 0 Å². The number of fused-ring (bicyclic) bond motifs is 3. The number of rotatable bonds is 7. The van der Waals surface area contributed by atoms with Crippen molar-refractivity contribution < 1.29 is 0 Å². The van der Waals surface area contributed by atoms with Crippen molar-refractivity contribution in [2.24, 2.45) is 0 Å². The van der Waals surface area contributed by atoms with Crippen LogP contribution in [0.15, 0.2) is 212 Å². The third-order valence-corrected chi connectivity index (χ3v) is 11.9. The van der Waals surface area contributed by atoms with E-state index >= 15 is 0 Å². The van der Waals surface area contributed by atoms with Crippen LogP contribution in [-0.2, 0) is 5.41 Å². The van der Waals surface area contributed by atoms with Gasteiger partial charge < -0.3 is 4.57 Å². The van der Waals surface area contributed by atoms with Gasteiger partial charge in [0.1, 0.15) is 5.41 Å². The zero-order chi connectivity index (χ0) is 41.0. The lowest BCUT2D eigenvalue weighted by Crippen LogP contribution is -2.37. The first kappa shape index (κ1) is 35.5. The molecule has 3 aromatic heterocycles. The van der Waals surface area contributed by atoms with E-state index in [0.717, 1.165) is 66.4 Å². The summed E-state index contributed by atoms with van der Waals surface area (Å²) in [5.74, 6) is 3.28. The average Bonchev–Trinajstić information content (AvgIpc) is 3.70. The molecule has 11 aromatic rings. The second kappa shape index (κ2) is 14.4. The van der Waals surface area contributed by atoms with Gasteiger partial charge in [-0.15, -0.1) is 0 Å². The van der Waals surface area contributed by atoms with E-state index in [1.807, 2.05) is 103 Å². The highest BCUT2D eigenvalue weighted by molar-refractivity contribution is 6.17. The molecule has 7 nitrogen and oxygen atoms in total. The van der Waals surface area contributed by atoms with Crippen LogP contribution >= 0.6 is 0 Å². The Bertz CT molecular complexity index is 3370. The molecule has 8 aromatic carbocycles. The highest BCUT2D eigenvalue weighted by atomic mass is 15.1. The topological polar surface area (TPSA) is 82.3 Å². The molecule has 290 valence electrons. The summed E-state index contributed by atoms with van der Waals surface area (Å²) >= 11 is 0. The van der Waals surface area contributed by atoms with Crippen molar-refractivity contribution in [2.45, 2.75) is 5.41 Å². The van der Waals surface area contributed by atoms with Crippen LogP contribution in [0.5, 0.6) is 0 Å². The van der Waals surface area contributed by atoms with Gasteiger partial charge in [-0.3, -0.25) is 0 Å². The molecule has 0 aliphatic carbocycles. The largest absolute Gasteiger partial charge is 0.309 e. The molecule has 62 heavy (non-hydrogen) atoms. The van der Waals surface area contributed by atoms with Gasteiger partial charge in [0.2, 0.25) is 0 Å². The highest BCUT2D eigenvalue weighted by Crippen LogP contribution is 2.51. The van der Waals surface area contributed by atoms with E-state index in [1.165, 1.54) is 5.56 Å². The van der Waals surface area contributed by atoms with Crippen molar-refractivity contribution >= 4 is 21.8 Å². The lowest BCUT2D eigenvalue weighted by atomic mass is 9.70. The molecular formula is C55H35N7. The van der Waals surface area contributed by atoms with Gasteiger partial charge >= 0.3 is 0 Å². The van der Waals surface area contributed by atoms with E-state index in [2.05, 4.69) is 114 Å². The quantitative estimate of drug-likeness (QED) is 0.160. The maximum Gasteiger partial charge on any atom is 0.164 e. The van der Waals surface area contributed by atoms with Crippen molar-refractivity contribution in [3.05, 3.63) is 235 Å². The van der Waals surface area contributed by atoms with Crippen LogP contribution in [0.3, 0.4) is 0 Å². The first-order valence-electron chi connectivity index (χ1n) is 20.7. The van der Waals surface area contributed by atoms with Crippen LogP contribution < -0.4 is 0 Å². The Balaban J connectivity index is 1.25. The summed E-state index contributed by atoms with van der Waals surface area (Å²) in [7, 11) is 0. The zero-order valence-electron chi connectivity index (χ0n) is 33.3. The normalized spacial score (nSPS) is 14.2. The summed E-state index contributed by atoms with van der Waals surface area (Å²) in [6.07, 6.45) is 0. The van der Waals surface area contributed by atoms with Crippen molar-refractivity contribution in [1.82, 2.24) is 34.5 Å². The Kier molecular flexibility index (Phi) is 8.25. The number of hydrogen-bond acceptors (Lipinski definition) is 6. The van der Waals surface area contributed by atoms with Crippen LogP contribution in [-0.4, -0.2) is 34.5 Å². The summed E-state index contributed by atoms with van der Waals surface area (Å²) in [6.45, 7) is 0. The molecule has 0 saturated heterocycles. The summed E-state index contributed by atoms with van der Waals surface area (Å²) in [5.41, 5.74) is 9.60. The maximum absolute atomic E-state index is 5.54. The fourth-order valence-electron chi connectivity index (χ4n) is 9.12. The Morgan fingerprint density at radius 3 is 1.26 bits per heavy atom. The van der Waals surface area contributed by atoms with Gasteiger partial charge in [0.05, 0.1) is 11.0 Å². The predicted octanol–water partition coefficient (Wildman–Crippen LogP) is 12.2. The SMILES string of the molecule is c1ccc(-c2ccc(-n3c4cccc5c4c4c(cccc43)C(c3ccccc3)(c3nc(-c4ccccc4)nc(-c4ccccc4)n3)c3nc(-c4ccccc4)nc-5n3)cc2)cc1. The molecule has 2 bridgehead atoms. The molecular weight excluding hydrogens is 759 g/mol. The van der Waals surface area contributed by atoms with Crippen LogP contribution in [0, 0.1) is 0 Å². The maximum atomic E-state index is 5.54. The molecule has 4 heterocycles. The Hall–Kier alpha value is -8.42. The summed E-state index contributed by atoms with van der Waals surface area (Å²) in [5, 5.41) is 2.09. The first-order valence-corrected chi connectivity index (χ1v) is 20.7. The minimum absolute atomic E-state index is 0.507. The predicted molar refractivity (Wildman–Crippen MR) is 247 cm³/mol. The fraction of sp³-hybridized carbons (Fsp3) is 0.0182. The molecule has 7 heteroatoms. The monoisotopic (exact) mass is 793 g/mol. The highest BCUT2D eigenvalue weighted by Gasteiger charge is 2.48. The molecule has 0 N–H and O–H groups in total. The molecule has 0 fully saturated rings. The van der Waals surface area contributed by atoms with E-state index in [-0.39, 0.29) is 0 Å². The smallest absolute Gasteiger partial charge is 0.164 e. The Labute approximate surface area is 357 Å². The molecule has 1 aliphatic heterocycles. The third-order valence-electron chi connectivity index (χ3n) is 11.9. The lowest BCUT2D eigenvalue weighted by molar-refractivity contribution is 0.629. The molecule has 0 saturated carbocycles. The second-order valence-corrected chi connectivity index (χ2v) is 15.5. The standard InChI is InChI=1S/C55H35N7/c1-6-18-36(19-7-1)37-32-34-42(35-33-37)62-45-30-16-28-43-47(45)48-44(29-17-31-46(48)62)55(41-26-14-5-15-27-41,54-60-51(57-52(43)61-54)40-24-12-4-13-25-40)53-58-49(38-20-8-2-9-21-38)56-50(59-53)39-22-10-3-11-23-39/h1-35H. The van der Waals surface area contributed by atoms with E-state index in [9.17, 15) is 0 Å². The zero-order valence-corrected chi connectivity index (χ0v) is 33.3. The van der Waals surface area contributed by atoms with Gasteiger partial charge in [0.25, 0.3) is 0 Å². The van der Waals surface area contributed by atoms with E-state index < -0.39 is 5.41 Å². The van der Waals surface area contributed by atoms with E-state index in [0.29, 0.717) is 34.9 Å². The van der Waals surface area contributed by atoms with Gasteiger partial charge in [-0.1, -0.05) is 188 Å². The molecule has 1 unspecified atom stereocenters. The van der Waals surface area contributed by atoms with Crippen LogP contribution in [0.25, 0.3) is 84.2 Å². The molecule has 1 atom stereocenters. The van der Waals surface area contributed by atoms with Crippen LogP contribution in [0.4, 0.5) is 0 Å². The van der Waals surface area contributed by atoms with E-state index in [1.54, 1.807) is 0 Å². The third kappa shape index (κ3) is 5.59. The second-order valence-electron chi connectivity index (χ2n) is 15.5. The number of hydrogen-bond donors (Lipinski definition) is 0. The van der Waals surface area contributed by atoms with Gasteiger partial charge in [-0.05, 0) is 46.5 Å². The fourth-order valence-corrected chi connectivity index (χ4v) is 9.12. The van der Waals surface area contributed by atoms with Crippen molar-refractivity contribution in [3.8, 4) is 62.4 Å². The minimum atomic E-state index is -1.26. The number of nitrogens with zero attached hydrogens (tertiary/aromatic N) is 7. The first-order chi connectivity index (χ1) is 30.7. The van der Waals surface area contributed by atoms with Gasteiger partial charge in [-0.25, -0.2) is 29.9 Å². The molecule has 0 spiro atoms. The van der Waals surface area contributed by atoms with Crippen molar-refractivity contribution in [2.75, 3.05) is 0 Å². The number of benzene rings is 8. The van der Waals surface area contributed by atoms with Crippen molar-refractivity contribution in [1.29, 1.82) is 0 Å². The van der Waals surface area contributed by atoms with Crippen LogP contribution in [0.2, 0.25) is 0 Å². The molecule has 0 amide bonds. The molecule has 12 rings (SSSR count). The van der Waals surface area contributed by atoms with Gasteiger partial charge in [0, 0.05) is 38.7 Å².